The molecule has 1 amide bonds. The number of methoxy groups -OCH3 is 1. The standard InChI is InChI=1S/C44H51ClF2N8O5/c1-24-18-27(19-25(2)60-24)54-16-8-14-44(13-7-12-32(44)54)23-59-43-49-38-34(40(50-43)53-15-9-17-55-31(22-53)35(45)39(51-55)42(57)52(3)4)41(58-5)48-37(36(38)47)29-21-28(56)20-26-10-6-11-30(46)33(26)29/h6,10-11,20-21,24-25,27,32,56H,7-9,12-19,22-23H2,1-5H3/t24-,25+,27?,32-,44-/m1/s1. The summed E-state index contributed by atoms with van der Waals surface area (Å²) >= 11 is 6.90. The van der Waals surface area contributed by atoms with E-state index in [1.807, 2.05) is 4.90 Å². The molecule has 1 aliphatic carbocycles. The van der Waals surface area contributed by atoms with Crippen LogP contribution in [0.3, 0.4) is 0 Å². The van der Waals surface area contributed by atoms with Gasteiger partial charge in [-0.15, -0.1) is 0 Å². The van der Waals surface area contributed by atoms with Crippen molar-refractivity contribution in [1.29, 1.82) is 0 Å². The van der Waals surface area contributed by atoms with Gasteiger partial charge in [0, 0.05) is 55.6 Å². The number of halogens is 3. The summed E-state index contributed by atoms with van der Waals surface area (Å²) in [6, 6.07) is 7.90. The molecule has 2 aromatic carbocycles. The van der Waals surface area contributed by atoms with Crippen LogP contribution in [-0.4, -0.2) is 111 Å². The SMILES string of the molecule is COc1nc(-c2cc(O)cc3cccc(F)c23)c(F)c2nc(OC[C@]34CCC[C@H]3N(C3C[C@@H](C)O[C@@H](C)C3)CCC4)nc(N3CCCn4nc(C(=O)N(C)C)c(Cl)c4C3)c12. The van der Waals surface area contributed by atoms with Crippen LogP contribution in [0.25, 0.3) is 32.9 Å². The second-order valence-electron chi connectivity index (χ2n) is 17.3. The van der Waals surface area contributed by atoms with Gasteiger partial charge in [-0.05, 0) is 88.9 Å². The maximum atomic E-state index is 17.5. The number of aromatic nitrogens is 5. The highest BCUT2D eigenvalue weighted by Crippen LogP contribution is 2.50. The molecule has 0 bridgehead atoms. The van der Waals surface area contributed by atoms with Gasteiger partial charge in [-0.1, -0.05) is 30.2 Å². The van der Waals surface area contributed by atoms with Crippen molar-refractivity contribution < 1.29 is 32.9 Å². The van der Waals surface area contributed by atoms with Gasteiger partial charge in [0.25, 0.3) is 5.91 Å². The molecule has 1 saturated carbocycles. The van der Waals surface area contributed by atoms with Crippen molar-refractivity contribution in [2.45, 2.75) is 103 Å². The van der Waals surface area contributed by atoms with Crippen molar-refractivity contribution in [1.82, 2.24) is 34.5 Å². The lowest BCUT2D eigenvalue weighted by molar-refractivity contribution is -0.0967. The number of pyridine rings is 1. The van der Waals surface area contributed by atoms with Gasteiger partial charge in [0.1, 0.15) is 34.0 Å². The summed E-state index contributed by atoms with van der Waals surface area (Å²) < 4.78 is 53.5. The molecule has 5 atom stereocenters. The predicted octanol–water partition coefficient (Wildman–Crippen LogP) is 7.77. The minimum absolute atomic E-state index is 0.000370. The molecule has 4 aliphatic rings. The summed E-state index contributed by atoms with van der Waals surface area (Å²) in [5.74, 6) is -1.65. The molecule has 6 heterocycles. The first-order valence-electron chi connectivity index (χ1n) is 21.0. The minimum Gasteiger partial charge on any atom is -0.508 e. The second-order valence-corrected chi connectivity index (χ2v) is 17.6. The van der Waals surface area contributed by atoms with Crippen LogP contribution >= 0.6 is 11.6 Å². The zero-order chi connectivity index (χ0) is 42.0. The third kappa shape index (κ3) is 7.05. The van der Waals surface area contributed by atoms with Gasteiger partial charge in [0.15, 0.2) is 11.5 Å². The Kier molecular flexibility index (Phi) is 10.7. The fourth-order valence-electron chi connectivity index (χ4n) is 10.5. The highest BCUT2D eigenvalue weighted by atomic mass is 35.5. The van der Waals surface area contributed by atoms with Gasteiger partial charge < -0.3 is 29.1 Å². The topological polar surface area (TPSA) is 131 Å². The summed E-state index contributed by atoms with van der Waals surface area (Å²) in [4.78, 5) is 33.6. The largest absolute Gasteiger partial charge is 0.508 e. The minimum atomic E-state index is -0.852. The number of hydrogen-bond donors (Lipinski definition) is 1. The molecule has 60 heavy (non-hydrogen) atoms. The van der Waals surface area contributed by atoms with Crippen LogP contribution in [0, 0.1) is 17.0 Å². The van der Waals surface area contributed by atoms with Gasteiger partial charge >= 0.3 is 6.01 Å². The lowest BCUT2D eigenvalue weighted by Crippen LogP contribution is -2.57. The van der Waals surface area contributed by atoms with Crippen LogP contribution in [0.1, 0.15) is 81.4 Å². The third-order valence-corrected chi connectivity index (χ3v) is 13.5. The number of carbonyl (C=O) groups is 1. The van der Waals surface area contributed by atoms with Crippen molar-refractivity contribution in [2.24, 2.45) is 5.41 Å². The first kappa shape index (κ1) is 40.5. The van der Waals surface area contributed by atoms with Gasteiger partial charge in [-0.3, -0.25) is 14.4 Å². The van der Waals surface area contributed by atoms with E-state index in [4.69, 9.17) is 35.8 Å². The quantitative estimate of drug-likeness (QED) is 0.164. The predicted molar refractivity (Wildman–Crippen MR) is 224 cm³/mol. The molecule has 318 valence electrons. The average Bonchev–Trinajstić information content (AvgIpc) is 3.71. The molecule has 2 saturated heterocycles. The number of hydrogen-bond acceptors (Lipinski definition) is 11. The fourth-order valence-corrected chi connectivity index (χ4v) is 10.8. The monoisotopic (exact) mass is 844 g/mol. The third-order valence-electron chi connectivity index (χ3n) is 13.1. The number of anilines is 1. The van der Waals surface area contributed by atoms with E-state index >= 15 is 8.78 Å². The molecule has 1 unspecified atom stereocenters. The summed E-state index contributed by atoms with van der Waals surface area (Å²) in [5, 5.41) is 16.2. The summed E-state index contributed by atoms with van der Waals surface area (Å²) in [7, 11) is 4.70. The average molecular weight is 845 g/mol. The Morgan fingerprint density at radius 3 is 2.58 bits per heavy atom. The number of ether oxygens (including phenoxy) is 3. The Labute approximate surface area is 352 Å². The number of phenols is 1. The van der Waals surface area contributed by atoms with Gasteiger partial charge in [0.2, 0.25) is 5.88 Å². The molecular weight excluding hydrogens is 794 g/mol. The number of nitrogens with zero attached hydrogens (tertiary/aromatic N) is 8. The number of aromatic hydroxyl groups is 1. The number of benzene rings is 2. The highest BCUT2D eigenvalue weighted by Gasteiger charge is 2.51. The van der Waals surface area contributed by atoms with Crippen LogP contribution in [0.5, 0.6) is 17.6 Å². The molecule has 5 aromatic rings. The number of likely N-dealkylation sites (tertiary alicyclic amines) is 1. The Bertz CT molecular complexity index is 2480. The Balaban J connectivity index is 1.16. The summed E-state index contributed by atoms with van der Waals surface area (Å²) in [6.45, 7) is 6.82. The van der Waals surface area contributed by atoms with Crippen LogP contribution in [0.2, 0.25) is 5.02 Å². The zero-order valence-electron chi connectivity index (χ0n) is 34.7. The van der Waals surface area contributed by atoms with E-state index in [1.165, 1.54) is 36.3 Å². The van der Waals surface area contributed by atoms with Crippen LogP contribution in [-0.2, 0) is 17.8 Å². The molecule has 9 rings (SSSR count). The van der Waals surface area contributed by atoms with Crippen molar-refractivity contribution >= 4 is 45.0 Å². The molecule has 13 nitrogen and oxygen atoms in total. The van der Waals surface area contributed by atoms with Crippen molar-refractivity contribution in [3.8, 4) is 28.9 Å². The van der Waals surface area contributed by atoms with Crippen molar-refractivity contribution in [3.05, 3.63) is 58.4 Å². The molecule has 1 N–H and O–H groups in total. The molecule has 0 radical (unpaired) electrons. The van der Waals surface area contributed by atoms with E-state index in [0.29, 0.717) is 55.1 Å². The molecule has 3 fully saturated rings. The van der Waals surface area contributed by atoms with E-state index in [-0.39, 0.29) is 86.0 Å². The van der Waals surface area contributed by atoms with Crippen molar-refractivity contribution in [2.75, 3.05) is 45.8 Å². The summed E-state index contributed by atoms with van der Waals surface area (Å²) in [5.41, 5.74) is 0.267. The lowest BCUT2D eigenvalue weighted by Gasteiger charge is -2.51. The molecule has 3 aromatic heterocycles. The Morgan fingerprint density at radius 1 is 1.03 bits per heavy atom. The van der Waals surface area contributed by atoms with E-state index < -0.39 is 11.6 Å². The smallest absolute Gasteiger partial charge is 0.319 e. The van der Waals surface area contributed by atoms with E-state index in [2.05, 4.69) is 28.8 Å². The van der Waals surface area contributed by atoms with Crippen molar-refractivity contribution in [3.63, 3.8) is 0 Å². The molecular formula is C44H51ClF2N8O5. The van der Waals surface area contributed by atoms with E-state index in [9.17, 15) is 9.90 Å². The fraction of sp³-hybridized carbons (Fsp3) is 0.523. The number of phenolic OH excluding ortho intramolecular Hbond substituents is 1. The van der Waals surface area contributed by atoms with E-state index in [1.54, 1.807) is 24.8 Å². The molecule has 0 spiro atoms. The highest BCUT2D eigenvalue weighted by molar-refractivity contribution is 6.34. The Morgan fingerprint density at radius 2 is 1.82 bits per heavy atom. The number of carbonyl (C=O) groups excluding carboxylic acids is 1. The number of piperidine rings is 1. The number of fused-ring (bicyclic) bond motifs is 4. The number of rotatable bonds is 8. The van der Waals surface area contributed by atoms with E-state index in [0.717, 1.165) is 51.5 Å². The number of amides is 1. The lowest BCUT2D eigenvalue weighted by atomic mass is 9.74. The normalized spacial score (nSPS) is 24.6. The molecule has 3 aliphatic heterocycles. The first-order valence-corrected chi connectivity index (χ1v) is 21.4. The second kappa shape index (κ2) is 15.9. The zero-order valence-corrected chi connectivity index (χ0v) is 35.4. The Hall–Kier alpha value is -4.86. The number of aryl methyl sites for hydroxylation is 1. The molecule has 16 heteroatoms. The van der Waals surface area contributed by atoms with Crippen LogP contribution in [0.15, 0.2) is 30.3 Å². The van der Waals surface area contributed by atoms with Crippen LogP contribution < -0.4 is 14.4 Å². The van der Waals surface area contributed by atoms with Gasteiger partial charge in [0.05, 0.1) is 43.2 Å². The maximum Gasteiger partial charge on any atom is 0.319 e. The van der Waals surface area contributed by atoms with Gasteiger partial charge in [-0.25, -0.2) is 13.8 Å². The van der Waals surface area contributed by atoms with Crippen LogP contribution in [0.4, 0.5) is 14.6 Å². The van der Waals surface area contributed by atoms with Gasteiger partial charge in [-0.2, -0.15) is 15.1 Å². The summed E-state index contributed by atoms with van der Waals surface area (Å²) in [6.07, 6.45) is 8.17. The maximum absolute atomic E-state index is 17.5. The first-order chi connectivity index (χ1) is 28.9.